The van der Waals surface area contributed by atoms with Crippen LogP contribution in [0.3, 0.4) is 0 Å². The molecule has 0 aliphatic carbocycles. The Bertz CT molecular complexity index is 306. The number of benzene rings is 1. The zero-order valence-corrected chi connectivity index (χ0v) is 11.2. The molecule has 3 heteroatoms. The first kappa shape index (κ1) is 14.0. The number of nitrogens with one attached hydrogen (secondary N) is 1. The molecule has 0 heterocycles. The van der Waals surface area contributed by atoms with Gasteiger partial charge in [0.05, 0.1) is 0 Å². The molecule has 0 amide bonds. The fraction of sp³-hybridized carbons (Fsp3) is 0.571. The van der Waals surface area contributed by atoms with E-state index < -0.39 is 0 Å². The lowest BCUT2D eigenvalue weighted by molar-refractivity contribution is 0.388. The van der Waals surface area contributed by atoms with E-state index in [1.807, 2.05) is 12.1 Å². The molecule has 1 aromatic carbocycles. The Morgan fingerprint density at radius 3 is 2.47 bits per heavy atom. The van der Waals surface area contributed by atoms with Crippen LogP contribution in [0.15, 0.2) is 24.3 Å². The molecule has 0 aliphatic heterocycles. The van der Waals surface area contributed by atoms with E-state index in [0.29, 0.717) is 6.04 Å². The minimum Gasteiger partial charge on any atom is -0.399 e. The fourth-order valence-corrected chi connectivity index (χ4v) is 1.82. The van der Waals surface area contributed by atoms with E-state index in [1.165, 1.54) is 12.0 Å². The van der Waals surface area contributed by atoms with Crippen LogP contribution in [-0.2, 0) is 6.42 Å². The number of nitrogens with zero attached hydrogens (tertiary/aromatic N) is 1. The summed E-state index contributed by atoms with van der Waals surface area (Å²) in [6.07, 6.45) is 2.25. The molecule has 0 fully saturated rings. The number of rotatable bonds is 7. The maximum Gasteiger partial charge on any atom is 0.0314 e. The van der Waals surface area contributed by atoms with Crippen LogP contribution in [-0.4, -0.2) is 38.1 Å². The summed E-state index contributed by atoms with van der Waals surface area (Å²) in [5.41, 5.74) is 7.84. The molecule has 1 unspecified atom stereocenters. The molecule has 0 saturated carbocycles. The Morgan fingerprint density at radius 1 is 1.24 bits per heavy atom. The lowest BCUT2D eigenvalue weighted by atomic mass is 10.1. The summed E-state index contributed by atoms with van der Waals surface area (Å²) in [6.45, 7) is 4.45. The SMILES string of the molecule is CC(Cc1ccc(N)cc1)NCCCN(C)C. The van der Waals surface area contributed by atoms with Crippen LogP contribution in [0, 0.1) is 0 Å². The van der Waals surface area contributed by atoms with E-state index >= 15 is 0 Å². The molecule has 96 valence electrons. The van der Waals surface area contributed by atoms with Gasteiger partial charge in [0.25, 0.3) is 0 Å². The van der Waals surface area contributed by atoms with Crippen molar-refractivity contribution in [1.82, 2.24) is 10.2 Å². The molecule has 0 saturated heterocycles. The molecular weight excluding hydrogens is 210 g/mol. The Balaban J connectivity index is 2.20. The van der Waals surface area contributed by atoms with Gasteiger partial charge in [-0.25, -0.2) is 0 Å². The van der Waals surface area contributed by atoms with Crippen LogP contribution in [0.4, 0.5) is 5.69 Å². The second-order valence-electron chi connectivity index (χ2n) is 4.96. The first-order valence-electron chi connectivity index (χ1n) is 6.30. The molecule has 3 N–H and O–H groups in total. The average Bonchev–Trinajstić information content (AvgIpc) is 2.27. The first-order valence-corrected chi connectivity index (χ1v) is 6.30. The third kappa shape index (κ3) is 6.29. The largest absolute Gasteiger partial charge is 0.399 e. The van der Waals surface area contributed by atoms with Gasteiger partial charge in [-0.15, -0.1) is 0 Å². The van der Waals surface area contributed by atoms with Crippen LogP contribution < -0.4 is 11.1 Å². The Kier molecular flexibility index (Phi) is 6.01. The van der Waals surface area contributed by atoms with Gasteiger partial charge in [0.1, 0.15) is 0 Å². The summed E-state index contributed by atoms with van der Waals surface area (Å²) in [5, 5.41) is 3.54. The summed E-state index contributed by atoms with van der Waals surface area (Å²) in [4.78, 5) is 2.21. The monoisotopic (exact) mass is 235 g/mol. The quantitative estimate of drug-likeness (QED) is 0.559. The van der Waals surface area contributed by atoms with Crippen molar-refractivity contribution in [3.63, 3.8) is 0 Å². The number of anilines is 1. The molecule has 0 bridgehead atoms. The molecule has 0 aliphatic rings. The summed E-state index contributed by atoms with van der Waals surface area (Å²) in [6, 6.07) is 8.66. The second-order valence-corrected chi connectivity index (χ2v) is 4.96. The summed E-state index contributed by atoms with van der Waals surface area (Å²) < 4.78 is 0. The normalized spacial score (nSPS) is 12.9. The lowest BCUT2D eigenvalue weighted by Gasteiger charge is -2.15. The molecule has 1 rings (SSSR count). The Hall–Kier alpha value is -1.06. The molecule has 1 aromatic rings. The maximum atomic E-state index is 5.66. The Morgan fingerprint density at radius 2 is 1.88 bits per heavy atom. The number of hydrogen-bond donors (Lipinski definition) is 2. The summed E-state index contributed by atoms with van der Waals surface area (Å²) in [5.74, 6) is 0. The van der Waals surface area contributed by atoms with E-state index in [4.69, 9.17) is 5.73 Å². The minimum atomic E-state index is 0.515. The number of nitrogen functional groups attached to an aromatic ring is 1. The van der Waals surface area contributed by atoms with Crippen LogP contribution in [0.25, 0.3) is 0 Å². The summed E-state index contributed by atoms with van der Waals surface area (Å²) >= 11 is 0. The maximum absolute atomic E-state index is 5.66. The predicted octanol–water partition coefficient (Wildman–Crippen LogP) is 1.74. The van der Waals surface area contributed by atoms with Crippen molar-refractivity contribution in [1.29, 1.82) is 0 Å². The van der Waals surface area contributed by atoms with Crippen molar-refractivity contribution in [3.05, 3.63) is 29.8 Å². The van der Waals surface area contributed by atoms with E-state index in [2.05, 4.69) is 43.4 Å². The van der Waals surface area contributed by atoms with Crippen LogP contribution in [0.2, 0.25) is 0 Å². The topological polar surface area (TPSA) is 41.3 Å². The van der Waals surface area contributed by atoms with Gasteiger partial charge < -0.3 is 16.0 Å². The fourth-order valence-electron chi connectivity index (χ4n) is 1.82. The molecule has 0 spiro atoms. The van der Waals surface area contributed by atoms with Gasteiger partial charge in [0.2, 0.25) is 0 Å². The van der Waals surface area contributed by atoms with Crippen LogP contribution in [0.5, 0.6) is 0 Å². The van der Waals surface area contributed by atoms with E-state index in [0.717, 1.165) is 25.2 Å². The zero-order valence-electron chi connectivity index (χ0n) is 11.2. The number of hydrogen-bond acceptors (Lipinski definition) is 3. The van der Waals surface area contributed by atoms with Crippen molar-refractivity contribution < 1.29 is 0 Å². The van der Waals surface area contributed by atoms with Crippen molar-refractivity contribution >= 4 is 5.69 Å². The average molecular weight is 235 g/mol. The molecule has 0 aromatic heterocycles. The highest BCUT2D eigenvalue weighted by Crippen LogP contribution is 2.07. The third-order valence-electron chi connectivity index (χ3n) is 2.80. The first-order chi connectivity index (χ1) is 8.08. The van der Waals surface area contributed by atoms with Gasteiger partial charge in [-0.3, -0.25) is 0 Å². The van der Waals surface area contributed by atoms with Gasteiger partial charge >= 0.3 is 0 Å². The molecule has 17 heavy (non-hydrogen) atoms. The van der Waals surface area contributed by atoms with E-state index in [9.17, 15) is 0 Å². The van der Waals surface area contributed by atoms with Gasteiger partial charge in [-0.2, -0.15) is 0 Å². The molecule has 3 nitrogen and oxygen atoms in total. The van der Waals surface area contributed by atoms with Gasteiger partial charge in [0, 0.05) is 11.7 Å². The molecular formula is C14H25N3. The van der Waals surface area contributed by atoms with E-state index in [1.54, 1.807) is 0 Å². The minimum absolute atomic E-state index is 0.515. The van der Waals surface area contributed by atoms with Gasteiger partial charge in [-0.05, 0) is 64.6 Å². The second kappa shape index (κ2) is 7.30. The standard InChI is InChI=1S/C14H25N3/c1-12(16-9-4-10-17(2)3)11-13-5-7-14(15)8-6-13/h5-8,12,16H,4,9-11,15H2,1-3H3. The highest BCUT2D eigenvalue weighted by atomic mass is 15.1. The lowest BCUT2D eigenvalue weighted by Crippen LogP contribution is -2.30. The van der Waals surface area contributed by atoms with Crippen LogP contribution in [0.1, 0.15) is 18.9 Å². The van der Waals surface area contributed by atoms with Gasteiger partial charge in [-0.1, -0.05) is 12.1 Å². The van der Waals surface area contributed by atoms with Crippen molar-refractivity contribution in [2.45, 2.75) is 25.8 Å². The number of nitrogens with two attached hydrogens (primary N) is 1. The van der Waals surface area contributed by atoms with E-state index in [-0.39, 0.29) is 0 Å². The summed E-state index contributed by atoms with van der Waals surface area (Å²) in [7, 11) is 4.22. The highest BCUT2D eigenvalue weighted by molar-refractivity contribution is 5.39. The zero-order chi connectivity index (χ0) is 12.7. The predicted molar refractivity (Wildman–Crippen MR) is 75.2 cm³/mol. The van der Waals surface area contributed by atoms with Crippen molar-refractivity contribution in [3.8, 4) is 0 Å². The van der Waals surface area contributed by atoms with Crippen molar-refractivity contribution in [2.75, 3.05) is 32.9 Å². The molecule has 0 radical (unpaired) electrons. The third-order valence-corrected chi connectivity index (χ3v) is 2.80. The highest BCUT2D eigenvalue weighted by Gasteiger charge is 2.02. The van der Waals surface area contributed by atoms with Gasteiger partial charge in [0.15, 0.2) is 0 Å². The molecule has 1 atom stereocenters. The van der Waals surface area contributed by atoms with Crippen molar-refractivity contribution in [2.24, 2.45) is 0 Å². The Labute approximate surface area is 105 Å². The van der Waals surface area contributed by atoms with Crippen LogP contribution >= 0.6 is 0 Å². The smallest absolute Gasteiger partial charge is 0.0314 e.